The zero-order chi connectivity index (χ0) is 7.23. The van der Waals surface area contributed by atoms with Crippen LogP contribution < -0.4 is 0 Å². The lowest BCUT2D eigenvalue weighted by Gasteiger charge is -1.87. The van der Waals surface area contributed by atoms with Crippen molar-refractivity contribution < 1.29 is 0 Å². The molecule has 0 aliphatic heterocycles. The molecule has 52 valence electrons. The van der Waals surface area contributed by atoms with E-state index in [1.807, 2.05) is 6.08 Å². The van der Waals surface area contributed by atoms with Crippen LogP contribution in [0.5, 0.6) is 0 Å². The maximum absolute atomic E-state index is 3.50. The molecule has 1 aromatic heterocycles. The van der Waals surface area contributed by atoms with E-state index in [4.69, 9.17) is 0 Å². The minimum atomic E-state index is 1.06. The predicted octanol–water partition coefficient (Wildman–Crippen LogP) is 3.02. The molecule has 0 spiro atoms. The van der Waals surface area contributed by atoms with Crippen molar-refractivity contribution in [3.8, 4) is 0 Å². The Bertz CT molecular complexity index is 215. The number of hydrogen-bond donors (Lipinski definition) is 0. The fourth-order valence-electron chi connectivity index (χ4n) is 0.771. The van der Waals surface area contributed by atoms with Gasteiger partial charge in [0.15, 0.2) is 0 Å². The van der Waals surface area contributed by atoms with Gasteiger partial charge in [0.2, 0.25) is 0 Å². The third kappa shape index (κ3) is 2.22. The first-order chi connectivity index (χ1) is 4.93. The predicted molar refractivity (Wildman–Crippen MR) is 46.4 cm³/mol. The lowest BCUT2D eigenvalue weighted by molar-refractivity contribution is 1.03. The minimum absolute atomic E-state index is 1.06. The van der Waals surface area contributed by atoms with Crippen molar-refractivity contribution in [3.63, 3.8) is 0 Å². The molecule has 0 saturated heterocycles. The average Bonchev–Trinajstić information content (AvgIpc) is 2.41. The van der Waals surface area contributed by atoms with Crippen LogP contribution in [0, 0.1) is 0 Å². The Hall–Kier alpha value is -0.780. The fraction of sp³-hybridized carbons (Fsp3) is 0.222. The summed E-state index contributed by atoms with van der Waals surface area (Å²) in [6.45, 7) is 3.50. The number of rotatable bonds is 3. The van der Waals surface area contributed by atoms with Crippen LogP contribution in [-0.2, 0) is 6.42 Å². The van der Waals surface area contributed by atoms with Gasteiger partial charge in [-0.3, -0.25) is 0 Å². The Balaban J connectivity index is 2.34. The summed E-state index contributed by atoms with van der Waals surface area (Å²) in [5.41, 5.74) is 2.76. The van der Waals surface area contributed by atoms with Gasteiger partial charge >= 0.3 is 0 Å². The van der Waals surface area contributed by atoms with Gasteiger partial charge in [-0.15, -0.1) is 17.1 Å². The third-order valence-electron chi connectivity index (χ3n) is 1.26. The Labute approximate surface area is 65.5 Å². The van der Waals surface area contributed by atoms with Gasteiger partial charge in [0.25, 0.3) is 0 Å². The molecule has 0 aliphatic rings. The molecule has 0 unspecified atom stereocenters. The van der Waals surface area contributed by atoms with Crippen LogP contribution in [0.25, 0.3) is 0 Å². The molecule has 0 aromatic carbocycles. The quantitative estimate of drug-likeness (QED) is 0.581. The van der Waals surface area contributed by atoms with Gasteiger partial charge in [-0.2, -0.15) is 0 Å². The van der Waals surface area contributed by atoms with Crippen LogP contribution in [0.1, 0.15) is 11.3 Å². The smallest absolute Gasteiger partial charge is 0.00485 e. The van der Waals surface area contributed by atoms with Gasteiger partial charge < -0.3 is 0 Å². The Morgan fingerprint density at radius 3 is 3.20 bits per heavy atom. The van der Waals surface area contributed by atoms with E-state index in [9.17, 15) is 0 Å². The highest BCUT2D eigenvalue weighted by atomic mass is 32.1. The summed E-state index contributed by atoms with van der Waals surface area (Å²) in [7, 11) is 0. The van der Waals surface area contributed by atoms with Crippen molar-refractivity contribution in [3.05, 3.63) is 40.8 Å². The van der Waals surface area contributed by atoms with Crippen molar-refractivity contribution in [2.75, 3.05) is 0 Å². The summed E-state index contributed by atoms with van der Waals surface area (Å²) in [5, 5.41) is 2.10. The highest BCUT2D eigenvalue weighted by Gasteiger charge is 1.88. The summed E-state index contributed by atoms with van der Waals surface area (Å²) in [6.07, 6.45) is 4.16. The number of allylic oxidation sites excluding steroid dienone is 1. The van der Waals surface area contributed by atoms with Gasteiger partial charge in [-0.25, -0.2) is 0 Å². The summed E-state index contributed by atoms with van der Waals surface area (Å²) in [5.74, 6) is 0. The van der Waals surface area contributed by atoms with E-state index in [0.717, 1.165) is 12.8 Å². The summed E-state index contributed by atoms with van der Waals surface area (Å²) >= 11 is 1.81. The maximum atomic E-state index is 3.50. The van der Waals surface area contributed by atoms with Crippen molar-refractivity contribution in [2.45, 2.75) is 12.8 Å². The molecule has 0 saturated carbocycles. The molecule has 1 heterocycles. The zero-order valence-corrected chi connectivity index (χ0v) is 6.66. The van der Waals surface area contributed by atoms with Crippen LogP contribution in [0.3, 0.4) is 0 Å². The van der Waals surface area contributed by atoms with Crippen LogP contribution >= 0.6 is 11.3 Å². The molecule has 0 fully saturated rings. The molecule has 1 heteroatoms. The number of aryl methyl sites for hydroxylation is 1. The van der Waals surface area contributed by atoms with Crippen LogP contribution in [0.15, 0.2) is 35.9 Å². The Kier molecular flexibility index (Phi) is 3.01. The Morgan fingerprint density at radius 2 is 2.60 bits per heavy atom. The topological polar surface area (TPSA) is 0 Å². The molecule has 0 nitrogen and oxygen atoms in total. The molecule has 0 bridgehead atoms. The van der Waals surface area contributed by atoms with Crippen molar-refractivity contribution in [1.29, 1.82) is 0 Å². The number of thiophene rings is 1. The minimum Gasteiger partial charge on any atom is -0.149 e. The summed E-state index contributed by atoms with van der Waals surface area (Å²) in [4.78, 5) is 1.44. The lowest BCUT2D eigenvalue weighted by atomic mass is 10.2. The van der Waals surface area contributed by atoms with E-state index >= 15 is 0 Å². The van der Waals surface area contributed by atoms with E-state index in [0.29, 0.717) is 0 Å². The molecule has 10 heavy (non-hydrogen) atoms. The molecule has 1 rings (SSSR count). The van der Waals surface area contributed by atoms with Crippen LogP contribution in [0.4, 0.5) is 0 Å². The molecular weight excluding hydrogens is 140 g/mol. The molecule has 0 aliphatic carbocycles. The molecule has 0 radical (unpaired) electrons. The third-order valence-corrected chi connectivity index (χ3v) is 2.20. The van der Waals surface area contributed by atoms with Crippen LogP contribution in [0.2, 0.25) is 0 Å². The second-order valence-corrected chi connectivity index (χ2v) is 3.06. The van der Waals surface area contributed by atoms with E-state index in [-0.39, 0.29) is 0 Å². The monoisotopic (exact) mass is 150 g/mol. The molecule has 0 N–H and O–H groups in total. The van der Waals surface area contributed by atoms with E-state index in [1.54, 1.807) is 11.3 Å². The summed E-state index contributed by atoms with van der Waals surface area (Å²) < 4.78 is 0. The number of hydrogen-bond acceptors (Lipinski definition) is 1. The van der Waals surface area contributed by atoms with Gasteiger partial charge in [-0.05, 0) is 30.4 Å². The maximum Gasteiger partial charge on any atom is 0.00485 e. The van der Waals surface area contributed by atoms with Gasteiger partial charge in [0.05, 0.1) is 0 Å². The normalized spacial score (nSPS) is 8.80. The molecule has 0 atom stereocenters. The average molecular weight is 150 g/mol. The zero-order valence-electron chi connectivity index (χ0n) is 5.84. The highest BCUT2D eigenvalue weighted by molar-refractivity contribution is 7.09. The first-order valence-corrected chi connectivity index (χ1v) is 4.18. The van der Waals surface area contributed by atoms with E-state index < -0.39 is 0 Å². The first-order valence-electron chi connectivity index (χ1n) is 3.30. The first kappa shape index (κ1) is 7.33. The molecule has 1 aromatic rings. The van der Waals surface area contributed by atoms with Crippen LogP contribution in [-0.4, -0.2) is 0 Å². The Morgan fingerprint density at radius 1 is 1.70 bits per heavy atom. The van der Waals surface area contributed by atoms with Crippen molar-refractivity contribution >= 4 is 11.3 Å². The van der Waals surface area contributed by atoms with E-state index in [1.165, 1.54) is 4.88 Å². The highest BCUT2D eigenvalue weighted by Crippen LogP contribution is 2.10. The molecular formula is C9H10S. The largest absolute Gasteiger partial charge is 0.149 e. The van der Waals surface area contributed by atoms with E-state index in [2.05, 4.69) is 29.8 Å². The lowest BCUT2D eigenvalue weighted by Crippen LogP contribution is -1.73. The standard InChI is InChI=1S/C9H10S/c1-2-3-4-6-9-7-5-8-10-9/h3,5,7-8H,1,4,6H2. The SMILES string of the molecule is C=C=CCCc1cccs1. The van der Waals surface area contributed by atoms with Crippen molar-refractivity contribution in [2.24, 2.45) is 0 Å². The van der Waals surface area contributed by atoms with Crippen molar-refractivity contribution in [1.82, 2.24) is 0 Å². The van der Waals surface area contributed by atoms with Gasteiger partial charge in [0.1, 0.15) is 0 Å². The fourth-order valence-corrected chi connectivity index (χ4v) is 1.50. The van der Waals surface area contributed by atoms with Gasteiger partial charge in [0, 0.05) is 4.88 Å². The van der Waals surface area contributed by atoms with Gasteiger partial charge in [-0.1, -0.05) is 12.6 Å². The second-order valence-electron chi connectivity index (χ2n) is 2.03. The molecule has 0 amide bonds. The second kappa shape index (κ2) is 4.10. The summed E-state index contributed by atoms with van der Waals surface area (Å²) in [6, 6.07) is 4.24.